The van der Waals surface area contributed by atoms with Crippen LogP contribution in [0.2, 0.25) is 0 Å². The number of rotatable bonds is 10. The number of ether oxygens (including phenoxy) is 2. The van der Waals surface area contributed by atoms with E-state index in [1.165, 1.54) is 47.7 Å². The summed E-state index contributed by atoms with van der Waals surface area (Å²) in [5.41, 5.74) is 0.367. The molecule has 8 heteroatoms. The predicted octanol–water partition coefficient (Wildman–Crippen LogP) is 4.29. The standard InChI is InChI=1S/C27H24FN3O4/c1-34-24-11-2-20(3-12-24)4-15-26(32)21-5-13-25(14-6-21)35-17-27(33,16-31-19-29-18-30-31)22-7-9-23(28)10-8-22/h2-15,18-19,33H,16-17H2,1H3. The van der Waals surface area contributed by atoms with E-state index in [1.54, 1.807) is 37.5 Å². The Balaban J connectivity index is 1.42. The van der Waals surface area contributed by atoms with Crippen molar-refractivity contribution < 1.29 is 23.8 Å². The number of carbonyl (C=O) groups excluding carboxylic acids is 1. The first-order valence-corrected chi connectivity index (χ1v) is 10.9. The van der Waals surface area contributed by atoms with Gasteiger partial charge in [-0.1, -0.05) is 30.3 Å². The Kier molecular flexibility index (Phi) is 7.32. The maximum Gasteiger partial charge on any atom is 0.185 e. The molecule has 0 saturated heterocycles. The maximum atomic E-state index is 13.4. The van der Waals surface area contributed by atoms with Gasteiger partial charge >= 0.3 is 0 Å². The second-order valence-corrected chi connectivity index (χ2v) is 7.92. The number of halogens is 1. The highest BCUT2D eigenvalue weighted by atomic mass is 19.1. The largest absolute Gasteiger partial charge is 0.497 e. The zero-order chi connectivity index (χ0) is 24.7. The molecule has 1 N–H and O–H groups in total. The van der Waals surface area contributed by atoms with Crippen molar-refractivity contribution in [2.45, 2.75) is 12.1 Å². The van der Waals surface area contributed by atoms with Crippen molar-refractivity contribution in [3.05, 3.63) is 114 Å². The number of hydrogen-bond acceptors (Lipinski definition) is 6. The molecule has 0 radical (unpaired) electrons. The Labute approximate surface area is 202 Å². The van der Waals surface area contributed by atoms with Crippen LogP contribution in [0.15, 0.2) is 91.5 Å². The van der Waals surface area contributed by atoms with Gasteiger partial charge in [0.1, 0.15) is 42.2 Å². The molecule has 0 amide bonds. The van der Waals surface area contributed by atoms with Gasteiger partial charge < -0.3 is 14.6 Å². The van der Waals surface area contributed by atoms with Crippen LogP contribution in [0.4, 0.5) is 4.39 Å². The van der Waals surface area contributed by atoms with Gasteiger partial charge in [0.25, 0.3) is 0 Å². The number of allylic oxidation sites excluding steroid dienone is 1. The fourth-order valence-electron chi connectivity index (χ4n) is 3.46. The Hall–Kier alpha value is -4.30. The summed E-state index contributed by atoms with van der Waals surface area (Å²) in [4.78, 5) is 16.4. The molecule has 0 saturated carbocycles. The zero-order valence-corrected chi connectivity index (χ0v) is 19.0. The molecule has 1 aromatic heterocycles. The summed E-state index contributed by atoms with van der Waals surface area (Å²) in [6.07, 6.45) is 6.08. The number of aliphatic hydroxyl groups is 1. The van der Waals surface area contributed by atoms with Crippen LogP contribution >= 0.6 is 0 Å². The average Bonchev–Trinajstić information content (AvgIpc) is 3.40. The van der Waals surface area contributed by atoms with Crippen LogP contribution < -0.4 is 9.47 Å². The fraction of sp³-hybridized carbons (Fsp3) is 0.148. The molecule has 0 aliphatic carbocycles. The Bertz CT molecular complexity index is 1270. The lowest BCUT2D eigenvalue weighted by molar-refractivity contribution is -0.0270. The van der Waals surface area contributed by atoms with Crippen LogP contribution in [0.25, 0.3) is 6.08 Å². The quantitative estimate of drug-likeness (QED) is 0.273. The van der Waals surface area contributed by atoms with E-state index >= 15 is 0 Å². The number of aromatic nitrogens is 3. The van der Waals surface area contributed by atoms with E-state index in [1.807, 2.05) is 24.3 Å². The van der Waals surface area contributed by atoms with Gasteiger partial charge in [-0.2, -0.15) is 5.10 Å². The Morgan fingerprint density at radius 3 is 2.34 bits per heavy atom. The average molecular weight is 474 g/mol. The van der Waals surface area contributed by atoms with Crippen molar-refractivity contribution in [3.8, 4) is 11.5 Å². The van der Waals surface area contributed by atoms with E-state index in [2.05, 4.69) is 10.1 Å². The fourth-order valence-corrected chi connectivity index (χ4v) is 3.46. The van der Waals surface area contributed by atoms with E-state index in [-0.39, 0.29) is 18.9 Å². The summed E-state index contributed by atoms with van der Waals surface area (Å²) >= 11 is 0. The summed E-state index contributed by atoms with van der Waals surface area (Å²) in [7, 11) is 1.60. The lowest BCUT2D eigenvalue weighted by Crippen LogP contribution is -2.38. The minimum Gasteiger partial charge on any atom is -0.497 e. The van der Waals surface area contributed by atoms with Crippen LogP contribution in [0.3, 0.4) is 0 Å². The van der Waals surface area contributed by atoms with Crippen LogP contribution in [-0.4, -0.2) is 39.4 Å². The number of carbonyl (C=O) groups is 1. The van der Waals surface area contributed by atoms with Gasteiger partial charge in [-0.3, -0.25) is 4.79 Å². The number of benzene rings is 3. The molecule has 1 atom stereocenters. The molecule has 1 heterocycles. The molecular weight excluding hydrogens is 449 g/mol. The summed E-state index contributed by atoms with van der Waals surface area (Å²) in [6.45, 7) is -0.0610. The van der Waals surface area contributed by atoms with Gasteiger partial charge in [0.05, 0.1) is 13.7 Å². The summed E-state index contributed by atoms with van der Waals surface area (Å²) in [5, 5.41) is 15.4. The summed E-state index contributed by atoms with van der Waals surface area (Å²) in [5.74, 6) is 0.664. The molecule has 4 aromatic rings. The molecule has 0 bridgehead atoms. The van der Waals surface area contributed by atoms with Gasteiger partial charge in [0.2, 0.25) is 0 Å². The Morgan fingerprint density at radius 2 is 1.71 bits per heavy atom. The maximum absolute atomic E-state index is 13.4. The molecule has 0 aliphatic heterocycles. The number of methoxy groups -OCH3 is 1. The van der Waals surface area contributed by atoms with Crippen molar-refractivity contribution in [1.82, 2.24) is 14.8 Å². The molecule has 0 aliphatic rings. The smallest absolute Gasteiger partial charge is 0.185 e. The highest BCUT2D eigenvalue weighted by Gasteiger charge is 2.32. The van der Waals surface area contributed by atoms with Crippen molar-refractivity contribution in [2.24, 2.45) is 0 Å². The molecule has 0 fully saturated rings. The number of hydrogen-bond donors (Lipinski definition) is 1. The third-order valence-electron chi connectivity index (χ3n) is 5.43. The van der Waals surface area contributed by atoms with Gasteiger partial charge in [-0.05, 0) is 65.7 Å². The van der Waals surface area contributed by atoms with Crippen molar-refractivity contribution in [2.75, 3.05) is 13.7 Å². The molecule has 7 nitrogen and oxygen atoms in total. The predicted molar refractivity (Wildman–Crippen MR) is 129 cm³/mol. The third kappa shape index (κ3) is 6.18. The van der Waals surface area contributed by atoms with E-state index in [0.29, 0.717) is 16.9 Å². The van der Waals surface area contributed by atoms with Crippen LogP contribution in [-0.2, 0) is 12.1 Å². The first kappa shape index (κ1) is 23.8. The van der Waals surface area contributed by atoms with Crippen molar-refractivity contribution in [1.29, 1.82) is 0 Å². The minimum atomic E-state index is -1.49. The third-order valence-corrected chi connectivity index (χ3v) is 5.43. The summed E-state index contributed by atoms with van der Waals surface area (Å²) in [6, 6.07) is 19.6. The first-order valence-electron chi connectivity index (χ1n) is 10.9. The number of nitrogens with zero attached hydrogens (tertiary/aromatic N) is 3. The Morgan fingerprint density at radius 1 is 1.03 bits per heavy atom. The minimum absolute atomic E-state index is 0.0609. The second-order valence-electron chi connectivity index (χ2n) is 7.92. The highest BCUT2D eigenvalue weighted by molar-refractivity contribution is 6.06. The second kappa shape index (κ2) is 10.8. The normalized spacial score (nSPS) is 12.9. The monoisotopic (exact) mass is 473 g/mol. The number of ketones is 1. The molecule has 178 valence electrons. The van der Waals surface area contributed by atoms with Crippen molar-refractivity contribution in [3.63, 3.8) is 0 Å². The van der Waals surface area contributed by atoms with Gasteiger partial charge in [0, 0.05) is 5.56 Å². The zero-order valence-electron chi connectivity index (χ0n) is 19.0. The van der Waals surface area contributed by atoms with E-state index < -0.39 is 11.4 Å². The molecule has 35 heavy (non-hydrogen) atoms. The van der Waals surface area contributed by atoms with Crippen LogP contribution in [0.5, 0.6) is 11.5 Å². The molecule has 4 rings (SSSR count). The highest BCUT2D eigenvalue weighted by Crippen LogP contribution is 2.26. The molecule has 1 unspecified atom stereocenters. The van der Waals surface area contributed by atoms with Gasteiger partial charge in [-0.25, -0.2) is 14.1 Å². The molecular formula is C27H24FN3O4. The first-order chi connectivity index (χ1) is 16.9. The van der Waals surface area contributed by atoms with E-state index in [4.69, 9.17) is 9.47 Å². The van der Waals surface area contributed by atoms with Gasteiger partial charge in [-0.15, -0.1) is 0 Å². The van der Waals surface area contributed by atoms with E-state index in [0.717, 1.165) is 11.3 Å². The topological polar surface area (TPSA) is 86.5 Å². The lowest BCUT2D eigenvalue weighted by atomic mass is 9.94. The lowest BCUT2D eigenvalue weighted by Gasteiger charge is -2.28. The van der Waals surface area contributed by atoms with Crippen molar-refractivity contribution >= 4 is 11.9 Å². The van der Waals surface area contributed by atoms with Crippen LogP contribution in [0, 0.1) is 5.82 Å². The van der Waals surface area contributed by atoms with Gasteiger partial charge in [0.15, 0.2) is 5.78 Å². The summed E-state index contributed by atoms with van der Waals surface area (Å²) < 4.78 is 25.9. The molecule has 0 spiro atoms. The van der Waals surface area contributed by atoms with Crippen LogP contribution in [0.1, 0.15) is 21.5 Å². The molecule has 3 aromatic carbocycles. The van der Waals surface area contributed by atoms with E-state index in [9.17, 15) is 14.3 Å². The SMILES string of the molecule is COc1ccc(C=CC(=O)c2ccc(OCC(O)(Cn3cncn3)c3ccc(F)cc3)cc2)cc1.